The Hall–Kier alpha value is -0.870. The van der Waals surface area contributed by atoms with Gasteiger partial charge in [-0.3, -0.25) is 4.68 Å². The van der Waals surface area contributed by atoms with Gasteiger partial charge in [0.1, 0.15) is 5.60 Å². The predicted molar refractivity (Wildman–Crippen MR) is 49.4 cm³/mol. The summed E-state index contributed by atoms with van der Waals surface area (Å²) in [6.45, 7) is 3.92. The SMILES string of the molecule is COCC(C)(O)c1c(C)cnn1C. The fourth-order valence-electron chi connectivity index (χ4n) is 1.67. The number of nitrogens with zero attached hydrogens (tertiary/aromatic N) is 2. The van der Waals surface area contributed by atoms with Crippen molar-refractivity contribution < 1.29 is 9.84 Å². The van der Waals surface area contributed by atoms with Gasteiger partial charge in [-0.2, -0.15) is 5.10 Å². The molecule has 0 radical (unpaired) electrons. The first-order valence-electron chi connectivity index (χ1n) is 4.19. The van der Waals surface area contributed by atoms with Gasteiger partial charge in [0, 0.05) is 14.2 Å². The Morgan fingerprint density at radius 1 is 1.69 bits per heavy atom. The van der Waals surface area contributed by atoms with Crippen LogP contribution in [0.4, 0.5) is 0 Å². The summed E-state index contributed by atoms with van der Waals surface area (Å²) >= 11 is 0. The van der Waals surface area contributed by atoms with Crippen molar-refractivity contribution in [1.82, 2.24) is 9.78 Å². The lowest BCUT2D eigenvalue weighted by Crippen LogP contribution is -2.30. The fourth-order valence-corrected chi connectivity index (χ4v) is 1.67. The molecule has 1 aromatic heterocycles. The Balaban J connectivity index is 3.05. The van der Waals surface area contributed by atoms with Crippen LogP contribution >= 0.6 is 0 Å². The molecule has 0 saturated heterocycles. The number of ether oxygens (including phenoxy) is 1. The standard InChI is InChI=1S/C9H16N2O2/c1-7-5-10-11(3)8(7)9(2,12)6-13-4/h5,12H,6H2,1-4H3. The topological polar surface area (TPSA) is 47.3 Å². The number of aryl methyl sites for hydroxylation is 2. The molecule has 13 heavy (non-hydrogen) atoms. The second-order valence-corrected chi connectivity index (χ2v) is 3.51. The van der Waals surface area contributed by atoms with E-state index in [1.165, 1.54) is 0 Å². The second kappa shape index (κ2) is 3.47. The first-order chi connectivity index (χ1) is 5.99. The van der Waals surface area contributed by atoms with Crippen molar-refractivity contribution in [2.24, 2.45) is 7.05 Å². The van der Waals surface area contributed by atoms with Crippen molar-refractivity contribution >= 4 is 0 Å². The van der Waals surface area contributed by atoms with Gasteiger partial charge in [-0.1, -0.05) is 0 Å². The molecule has 1 N–H and O–H groups in total. The van der Waals surface area contributed by atoms with Crippen molar-refractivity contribution in [2.75, 3.05) is 13.7 Å². The third-order valence-corrected chi connectivity index (χ3v) is 2.06. The normalized spacial score (nSPS) is 15.8. The molecule has 1 unspecified atom stereocenters. The van der Waals surface area contributed by atoms with E-state index in [1.807, 2.05) is 14.0 Å². The summed E-state index contributed by atoms with van der Waals surface area (Å²) in [5, 5.41) is 14.1. The third-order valence-electron chi connectivity index (χ3n) is 2.06. The smallest absolute Gasteiger partial charge is 0.127 e. The number of rotatable bonds is 3. The summed E-state index contributed by atoms with van der Waals surface area (Å²) in [4.78, 5) is 0. The van der Waals surface area contributed by atoms with Crippen LogP contribution in [-0.4, -0.2) is 28.6 Å². The first-order valence-corrected chi connectivity index (χ1v) is 4.19. The van der Waals surface area contributed by atoms with E-state index in [4.69, 9.17) is 4.74 Å². The summed E-state index contributed by atoms with van der Waals surface area (Å²) in [6.07, 6.45) is 1.74. The van der Waals surface area contributed by atoms with Gasteiger partial charge in [0.05, 0.1) is 18.5 Å². The molecule has 0 aliphatic carbocycles. The quantitative estimate of drug-likeness (QED) is 0.747. The van der Waals surface area contributed by atoms with Crippen molar-refractivity contribution in [3.05, 3.63) is 17.5 Å². The Labute approximate surface area is 78.1 Å². The van der Waals surface area contributed by atoms with E-state index in [2.05, 4.69) is 5.10 Å². The van der Waals surface area contributed by atoms with Gasteiger partial charge in [0.15, 0.2) is 0 Å². The molecular weight excluding hydrogens is 168 g/mol. The minimum Gasteiger partial charge on any atom is -0.381 e. The number of hydrogen-bond acceptors (Lipinski definition) is 3. The molecule has 0 amide bonds. The number of aromatic nitrogens is 2. The summed E-state index contributed by atoms with van der Waals surface area (Å²) in [5.41, 5.74) is 0.809. The first kappa shape index (κ1) is 10.2. The maximum Gasteiger partial charge on any atom is 0.127 e. The van der Waals surface area contributed by atoms with Gasteiger partial charge >= 0.3 is 0 Å². The molecule has 1 heterocycles. The van der Waals surface area contributed by atoms with Crippen LogP contribution in [0.25, 0.3) is 0 Å². The van der Waals surface area contributed by atoms with Crippen LogP contribution in [-0.2, 0) is 17.4 Å². The van der Waals surface area contributed by atoms with Crippen LogP contribution < -0.4 is 0 Å². The molecule has 0 aliphatic rings. The van der Waals surface area contributed by atoms with Crippen molar-refractivity contribution in [1.29, 1.82) is 0 Å². The molecule has 0 bridgehead atoms. The van der Waals surface area contributed by atoms with Gasteiger partial charge in [0.25, 0.3) is 0 Å². The predicted octanol–water partition coefficient (Wildman–Crippen LogP) is 0.582. The Morgan fingerprint density at radius 2 is 2.31 bits per heavy atom. The molecular formula is C9H16N2O2. The molecule has 1 rings (SSSR count). The van der Waals surface area contributed by atoms with Crippen LogP contribution in [0.3, 0.4) is 0 Å². The lowest BCUT2D eigenvalue weighted by molar-refractivity contribution is -0.0269. The van der Waals surface area contributed by atoms with Gasteiger partial charge in [0.2, 0.25) is 0 Å². The van der Waals surface area contributed by atoms with Gasteiger partial charge in [-0.05, 0) is 19.4 Å². The van der Waals surface area contributed by atoms with E-state index >= 15 is 0 Å². The molecule has 0 fully saturated rings. The van der Waals surface area contributed by atoms with Gasteiger partial charge in [-0.15, -0.1) is 0 Å². The van der Waals surface area contributed by atoms with Crippen molar-refractivity contribution in [3.8, 4) is 0 Å². The largest absolute Gasteiger partial charge is 0.381 e. The number of methoxy groups -OCH3 is 1. The maximum absolute atomic E-state index is 10.1. The number of hydrogen-bond donors (Lipinski definition) is 1. The zero-order valence-corrected chi connectivity index (χ0v) is 8.53. The Kier molecular flexibility index (Phi) is 2.73. The Morgan fingerprint density at radius 3 is 2.69 bits per heavy atom. The average Bonchev–Trinajstić information content (AvgIpc) is 2.31. The summed E-state index contributed by atoms with van der Waals surface area (Å²) in [6, 6.07) is 0. The minimum absolute atomic E-state index is 0.271. The van der Waals surface area contributed by atoms with Crippen LogP contribution in [0.1, 0.15) is 18.2 Å². The van der Waals surface area contributed by atoms with Crippen LogP contribution in [0.2, 0.25) is 0 Å². The Bertz CT molecular complexity index is 272. The molecule has 0 aliphatic heterocycles. The molecule has 74 valence electrons. The van der Waals surface area contributed by atoms with E-state index in [0.29, 0.717) is 0 Å². The highest BCUT2D eigenvalue weighted by atomic mass is 16.5. The van der Waals surface area contributed by atoms with Crippen LogP contribution in [0, 0.1) is 6.92 Å². The van der Waals surface area contributed by atoms with E-state index in [0.717, 1.165) is 11.3 Å². The zero-order valence-electron chi connectivity index (χ0n) is 8.53. The molecule has 0 aromatic carbocycles. The average molecular weight is 184 g/mol. The van der Waals surface area contributed by atoms with Crippen LogP contribution in [0.15, 0.2) is 6.20 Å². The number of aliphatic hydroxyl groups is 1. The van der Waals surface area contributed by atoms with Gasteiger partial charge in [-0.25, -0.2) is 0 Å². The van der Waals surface area contributed by atoms with E-state index in [1.54, 1.807) is 24.9 Å². The second-order valence-electron chi connectivity index (χ2n) is 3.51. The lowest BCUT2D eigenvalue weighted by Gasteiger charge is -2.23. The monoisotopic (exact) mass is 184 g/mol. The molecule has 1 aromatic rings. The third kappa shape index (κ3) is 1.89. The summed E-state index contributed by atoms with van der Waals surface area (Å²) < 4.78 is 6.62. The lowest BCUT2D eigenvalue weighted by atomic mass is 10.0. The molecule has 0 spiro atoms. The molecule has 4 heteroatoms. The van der Waals surface area contributed by atoms with E-state index < -0.39 is 5.60 Å². The van der Waals surface area contributed by atoms with E-state index in [9.17, 15) is 5.11 Å². The molecule has 0 saturated carbocycles. The minimum atomic E-state index is -0.968. The highest BCUT2D eigenvalue weighted by Crippen LogP contribution is 2.23. The molecule has 4 nitrogen and oxygen atoms in total. The van der Waals surface area contributed by atoms with Crippen molar-refractivity contribution in [3.63, 3.8) is 0 Å². The van der Waals surface area contributed by atoms with Gasteiger partial charge < -0.3 is 9.84 Å². The highest BCUT2D eigenvalue weighted by molar-refractivity contribution is 5.21. The van der Waals surface area contributed by atoms with E-state index in [-0.39, 0.29) is 6.61 Å². The van der Waals surface area contributed by atoms with Crippen molar-refractivity contribution in [2.45, 2.75) is 19.4 Å². The maximum atomic E-state index is 10.1. The zero-order chi connectivity index (χ0) is 10.1. The fraction of sp³-hybridized carbons (Fsp3) is 0.667. The molecule has 1 atom stereocenters. The summed E-state index contributed by atoms with van der Waals surface area (Å²) in [7, 11) is 3.38. The van der Waals surface area contributed by atoms with Crippen LogP contribution in [0.5, 0.6) is 0 Å². The highest BCUT2D eigenvalue weighted by Gasteiger charge is 2.28. The summed E-state index contributed by atoms with van der Waals surface area (Å²) in [5.74, 6) is 0.